The summed E-state index contributed by atoms with van der Waals surface area (Å²) in [4.78, 5) is 10.8. The number of carboxylic acid groups (broad SMARTS) is 1. The van der Waals surface area contributed by atoms with Crippen LogP contribution < -0.4 is 5.73 Å². The van der Waals surface area contributed by atoms with Crippen LogP contribution in [0.5, 0.6) is 5.75 Å². The second-order valence-corrected chi connectivity index (χ2v) is 3.91. The normalized spacial score (nSPS) is 10.6. The Labute approximate surface area is 83.2 Å². The van der Waals surface area contributed by atoms with E-state index in [2.05, 4.69) is 0 Å². The lowest BCUT2D eigenvalue weighted by molar-refractivity contribution is 0.0699. The minimum Gasteiger partial charge on any atom is -0.507 e. The number of rotatable bonds is 1. The number of hydrogen-bond donors (Lipinski definition) is 3. The van der Waals surface area contributed by atoms with Crippen molar-refractivity contribution in [1.29, 1.82) is 0 Å². The molecule has 0 aliphatic rings. The van der Waals surface area contributed by atoms with Crippen molar-refractivity contribution < 1.29 is 15.0 Å². The highest BCUT2D eigenvalue weighted by atomic mass is 32.1. The van der Waals surface area contributed by atoms with E-state index < -0.39 is 5.97 Å². The first-order valence-electron chi connectivity index (χ1n) is 3.84. The molecule has 0 bridgehead atoms. The van der Waals surface area contributed by atoms with E-state index in [1.165, 1.54) is 12.1 Å². The van der Waals surface area contributed by atoms with Gasteiger partial charge in [-0.1, -0.05) is 0 Å². The molecule has 0 atom stereocenters. The molecule has 0 fully saturated rings. The number of hydrogen-bond acceptors (Lipinski definition) is 4. The van der Waals surface area contributed by atoms with Crippen molar-refractivity contribution in [2.24, 2.45) is 0 Å². The Morgan fingerprint density at radius 1 is 1.43 bits per heavy atom. The number of carbonyl (C=O) groups is 1. The number of phenolic OH excluding ortho intramolecular Hbond substituents is 1. The lowest BCUT2D eigenvalue weighted by Gasteiger charge is -1.98. The summed E-state index contributed by atoms with van der Waals surface area (Å²) in [6, 6.07) is 4.30. The SMILES string of the molecule is Nc1cc2c(O)ccc(C(=O)O)c2s1. The van der Waals surface area contributed by atoms with Crippen LogP contribution in [0.1, 0.15) is 10.4 Å². The average molecular weight is 209 g/mol. The third-order valence-electron chi connectivity index (χ3n) is 1.91. The van der Waals surface area contributed by atoms with Gasteiger partial charge in [-0.15, -0.1) is 11.3 Å². The van der Waals surface area contributed by atoms with Crippen LogP contribution in [0.25, 0.3) is 10.1 Å². The highest BCUT2D eigenvalue weighted by Crippen LogP contribution is 2.35. The molecule has 0 amide bonds. The molecule has 72 valence electrons. The van der Waals surface area contributed by atoms with Gasteiger partial charge in [-0.3, -0.25) is 0 Å². The number of anilines is 1. The molecule has 4 N–H and O–H groups in total. The smallest absolute Gasteiger partial charge is 0.337 e. The van der Waals surface area contributed by atoms with Gasteiger partial charge < -0.3 is 15.9 Å². The van der Waals surface area contributed by atoms with Crippen LogP contribution in [0.2, 0.25) is 0 Å². The number of aromatic carboxylic acids is 1. The molecule has 1 aromatic carbocycles. The zero-order valence-electron chi connectivity index (χ0n) is 7.02. The predicted octanol–water partition coefficient (Wildman–Crippen LogP) is 1.89. The highest BCUT2D eigenvalue weighted by molar-refractivity contribution is 7.23. The molecule has 2 rings (SSSR count). The average Bonchev–Trinajstić information content (AvgIpc) is 2.47. The standard InChI is InChI=1S/C9H7NO3S/c10-7-3-5-6(11)2-1-4(9(12)13)8(5)14-7/h1-3,11H,10H2,(H,12,13). The lowest BCUT2D eigenvalue weighted by Crippen LogP contribution is -1.95. The molecule has 0 saturated carbocycles. The molecular formula is C9H7NO3S. The van der Waals surface area contributed by atoms with Gasteiger partial charge in [0.05, 0.1) is 15.3 Å². The Morgan fingerprint density at radius 2 is 2.14 bits per heavy atom. The van der Waals surface area contributed by atoms with E-state index >= 15 is 0 Å². The van der Waals surface area contributed by atoms with Crippen molar-refractivity contribution in [1.82, 2.24) is 0 Å². The highest BCUT2D eigenvalue weighted by Gasteiger charge is 2.13. The molecule has 0 unspecified atom stereocenters. The van der Waals surface area contributed by atoms with E-state index in [0.717, 1.165) is 11.3 Å². The number of phenols is 1. The van der Waals surface area contributed by atoms with Crippen molar-refractivity contribution >= 4 is 32.4 Å². The zero-order valence-corrected chi connectivity index (χ0v) is 7.84. The van der Waals surface area contributed by atoms with Crippen LogP contribution in [0, 0.1) is 0 Å². The van der Waals surface area contributed by atoms with E-state index in [-0.39, 0.29) is 11.3 Å². The summed E-state index contributed by atoms with van der Waals surface area (Å²) < 4.78 is 0.509. The number of aromatic hydroxyl groups is 1. The second kappa shape index (κ2) is 2.88. The van der Waals surface area contributed by atoms with Gasteiger partial charge in [0.2, 0.25) is 0 Å². The van der Waals surface area contributed by atoms with Crippen molar-refractivity contribution in [2.75, 3.05) is 5.73 Å². The quantitative estimate of drug-likeness (QED) is 0.669. The van der Waals surface area contributed by atoms with Crippen LogP contribution in [0.4, 0.5) is 5.00 Å². The number of carboxylic acids is 1. The lowest BCUT2D eigenvalue weighted by atomic mass is 10.1. The van der Waals surface area contributed by atoms with Crippen LogP contribution in [-0.2, 0) is 0 Å². The molecule has 14 heavy (non-hydrogen) atoms. The van der Waals surface area contributed by atoms with Gasteiger partial charge in [-0.2, -0.15) is 0 Å². The van der Waals surface area contributed by atoms with E-state index in [9.17, 15) is 9.90 Å². The van der Waals surface area contributed by atoms with Crippen molar-refractivity contribution in [3.8, 4) is 5.75 Å². The fourth-order valence-corrected chi connectivity index (χ4v) is 2.25. The summed E-state index contributed by atoms with van der Waals surface area (Å²) in [6.07, 6.45) is 0. The molecular weight excluding hydrogens is 202 g/mol. The Hall–Kier alpha value is -1.75. The maximum absolute atomic E-state index is 10.8. The summed E-state index contributed by atoms with van der Waals surface area (Å²) in [5, 5.41) is 19.3. The molecule has 4 nitrogen and oxygen atoms in total. The molecule has 1 aromatic heterocycles. The Bertz CT molecular complexity index is 518. The van der Waals surface area contributed by atoms with Gasteiger partial charge in [0.15, 0.2) is 0 Å². The van der Waals surface area contributed by atoms with Crippen molar-refractivity contribution in [2.45, 2.75) is 0 Å². The third kappa shape index (κ3) is 1.18. The molecule has 0 spiro atoms. The predicted molar refractivity (Wildman–Crippen MR) is 54.9 cm³/mol. The second-order valence-electron chi connectivity index (χ2n) is 2.83. The molecule has 0 radical (unpaired) electrons. The van der Waals surface area contributed by atoms with E-state index in [4.69, 9.17) is 10.8 Å². The van der Waals surface area contributed by atoms with E-state index in [1.807, 2.05) is 0 Å². The van der Waals surface area contributed by atoms with Crippen molar-refractivity contribution in [3.63, 3.8) is 0 Å². The summed E-state index contributed by atoms with van der Waals surface area (Å²) in [5.74, 6) is -0.963. The monoisotopic (exact) mass is 209 g/mol. The zero-order chi connectivity index (χ0) is 10.3. The largest absolute Gasteiger partial charge is 0.507 e. The van der Waals surface area contributed by atoms with Gasteiger partial charge in [-0.05, 0) is 18.2 Å². The van der Waals surface area contributed by atoms with Gasteiger partial charge in [0.1, 0.15) is 5.75 Å². The minimum atomic E-state index is -1.02. The van der Waals surface area contributed by atoms with Crippen molar-refractivity contribution in [3.05, 3.63) is 23.8 Å². The van der Waals surface area contributed by atoms with Crippen LogP contribution in [0.15, 0.2) is 18.2 Å². The first-order valence-corrected chi connectivity index (χ1v) is 4.65. The molecule has 1 heterocycles. The molecule has 2 aromatic rings. The fraction of sp³-hybridized carbons (Fsp3) is 0. The maximum Gasteiger partial charge on any atom is 0.337 e. The van der Waals surface area contributed by atoms with Gasteiger partial charge in [-0.25, -0.2) is 4.79 Å². The number of nitrogens with two attached hydrogens (primary N) is 1. The van der Waals surface area contributed by atoms with Crippen LogP contribution in [0.3, 0.4) is 0 Å². The van der Waals surface area contributed by atoms with Gasteiger partial charge in [0, 0.05) is 5.39 Å². The summed E-state index contributed by atoms with van der Waals surface area (Å²) in [6.45, 7) is 0. The summed E-state index contributed by atoms with van der Waals surface area (Å²) >= 11 is 1.16. The molecule has 0 aliphatic carbocycles. The van der Waals surface area contributed by atoms with Crippen LogP contribution in [-0.4, -0.2) is 16.2 Å². The van der Waals surface area contributed by atoms with Gasteiger partial charge in [0.25, 0.3) is 0 Å². The summed E-state index contributed by atoms with van der Waals surface area (Å²) in [5.41, 5.74) is 5.71. The Kier molecular flexibility index (Phi) is 1.82. The first kappa shape index (κ1) is 8.83. The number of thiophene rings is 1. The fourth-order valence-electron chi connectivity index (χ4n) is 1.30. The number of fused-ring (bicyclic) bond motifs is 1. The first-order chi connectivity index (χ1) is 6.59. The topological polar surface area (TPSA) is 83.5 Å². The molecule has 0 saturated heterocycles. The minimum absolute atomic E-state index is 0.0537. The number of benzene rings is 1. The van der Waals surface area contributed by atoms with Crippen LogP contribution >= 0.6 is 11.3 Å². The Balaban J connectivity index is 2.87. The molecule has 5 heteroatoms. The summed E-state index contributed by atoms with van der Waals surface area (Å²) in [7, 11) is 0. The molecule has 0 aliphatic heterocycles. The maximum atomic E-state index is 10.8. The Morgan fingerprint density at radius 3 is 2.79 bits per heavy atom. The number of nitrogen functional groups attached to an aromatic ring is 1. The van der Waals surface area contributed by atoms with E-state index in [1.54, 1.807) is 6.07 Å². The van der Waals surface area contributed by atoms with Gasteiger partial charge >= 0.3 is 5.97 Å². The third-order valence-corrected chi connectivity index (χ3v) is 2.91. The van der Waals surface area contributed by atoms with E-state index in [0.29, 0.717) is 15.1 Å².